The van der Waals surface area contributed by atoms with Gasteiger partial charge in [-0.3, -0.25) is 13.9 Å². The van der Waals surface area contributed by atoms with Crippen molar-refractivity contribution in [2.75, 3.05) is 7.11 Å². The number of rotatable bonds is 4. The first-order chi connectivity index (χ1) is 19.9. The zero-order chi connectivity index (χ0) is 28.4. The van der Waals surface area contributed by atoms with Gasteiger partial charge in [0.25, 0.3) is 5.56 Å². The third-order valence-electron chi connectivity index (χ3n) is 7.87. The number of carbonyl (C=O) groups is 1. The maximum Gasteiger partial charge on any atom is 0.341 e. The van der Waals surface area contributed by atoms with E-state index in [2.05, 4.69) is 32.0 Å². The van der Waals surface area contributed by atoms with Gasteiger partial charge >= 0.3 is 5.97 Å². The van der Waals surface area contributed by atoms with E-state index in [0.717, 1.165) is 58.5 Å². The van der Waals surface area contributed by atoms with E-state index in [1.165, 1.54) is 18.4 Å². The van der Waals surface area contributed by atoms with Crippen LogP contribution in [0.2, 0.25) is 0 Å². The van der Waals surface area contributed by atoms with Crippen molar-refractivity contribution in [1.29, 1.82) is 0 Å². The van der Waals surface area contributed by atoms with Crippen LogP contribution in [0.1, 0.15) is 57.5 Å². The molecule has 0 fully saturated rings. The molecule has 0 N–H and O–H groups in total. The quantitative estimate of drug-likeness (QED) is 0.238. The first-order valence-electron chi connectivity index (χ1n) is 13.9. The van der Waals surface area contributed by atoms with Gasteiger partial charge in [-0.2, -0.15) is 0 Å². The predicted molar refractivity (Wildman–Crippen MR) is 162 cm³/mol. The van der Waals surface area contributed by atoms with Crippen LogP contribution in [0.4, 0.5) is 0 Å². The number of aromatic nitrogens is 5. The van der Waals surface area contributed by atoms with Crippen LogP contribution in [-0.2, 0) is 24.0 Å². The van der Waals surface area contributed by atoms with Gasteiger partial charge in [-0.05, 0) is 80.5 Å². The Morgan fingerprint density at radius 3 is 2.37 bits per heavy atom. The molecule has 6 aromatic rings. The van der Waals surface area contributed by atoms with Crippen LogP contribution < -0.4 is 5.56 Å². The Hall–Kier alpha value is -4.37. The number of benzene rings is 2. The molecule has 0 saturated heterocycles. The van der Waals surface area contributed by atoms with E-state index in [4.69, 9.17) is 19.7 Å². The average Bonchev–Trinajstić information content (AvgIpc) is 3.50. The first kappa shape index (κ1) is 25.6. The normalized spacial score (nSPS) is 13.3. The Balaban J connectivity index is 1.65. The van der Waals surface area contributed by atoms with E-state index in [1.807, 2.05) is 35.8 Å². The summed E-state index contributed by atoms with van der Waals surface area (Å²) in [5, 5.41) is 0.970. The van der Waals surface area contributed by atoms with Crippen molar-refractivity contribution in [3.63, 3.8) is 0 Å². The van der Waals surface area contributed by atoms with Gasteiger partial charge < -0.3 is 4.74 Å². The summed E-state index contributed by atoms with van der Waals surface area (Å²) in [4.78, 5) is 44.1. The lowest BCUT2D eigenvalue weighted by Gasteiger charge is -2.14. The number of carbonyl (C=O) groups excluding carboxylic acids is 1. The molecule has 41 heavy (non-hydrogen) atoms. The van der Waals surface area contributed by atoms with Crippen molar-refractivity contribution in [3.05, 3.63) is 85.8 Å². The van der Waals surface area contributed by atoms with Crippen LogP contribution in [0, 0.1) is 13.8 Å². The molecule has 0 atom stereocenters. The van der Waals surface area contributed by atoms with E-state index in [0.29, 0.717) is 50.5 Å². The van der Waals surface area contributed by atoms with Gasteiger partial charge in [0.05, 0.1) is 23.7 Å². The minimum absolute atomic E-state index is 0.256. The molecule has 7 rings (SSSR count). The topological polar surface area (TPSA) is 91.9 Å². The van der Waals surface area contributed by atoms with Crippen molar-refractivity contribution in [2.24, 2.45) is 0 Å². The second kappa shape index (κ2) is 9.62. The highest BCUT2D eigenvalue weighted by Gasteiger charge is 2.30. The van der Waals surface area contributed by atoms with Crippen LogP contribution in [0.3, 0.4) is 0 Å². The van der Waals surface area contributed by atoms with Crippen LogP contribution in [0.5, 0.6) is 0 Å². The molecule has 1 aliphatic carbocycles. The Kier molecular flexibility index (Phi) is 6.01. The molecule has 9 heteroatoms. The maximum atomic E-state index is 14.7. The van der Waals surface area contributed by atoms with Gasteiger partial charge in [0, 0.05) is 17.0 Å². The number of esters is 1. The smallest absolute Gasteiger partial charge is 0.341 e. The summed E-state index contributed by atoms with van der Waals surface area (Å²) in [6.07, 6.45) is 4.25. The van der Waals surface area contributed by atoms with Gasteiger partial charge in [-0.15, -0.1) is 11.3 Å². The number of nitrogens with zero attached hydrogens (tertiary/aromatic N) is 5. The van der Waals surface area contributed by atoms with Crippen molar-refractivity contribution < 1.29 is 9.53 Å². The van der Waals surface area contributed by atoms with Crippen LogP contribution in [0.15, 0.2) is 47.3 Å². The Morgan fingerprint density at radius 1 is 0.951 bits per heavy atom. The number of para-hydroxylation sites is 2. The summed E-state index contributed by atoms with van der Waals surface area (Å²) in [5.41, 5.74) is 7.32. The highest BCUT2D eigenvalue weighted by Crippen LogP contribution is 2.38. The number of ether oxygens (including phenoxy) is 1. The molecule has 1 aliphatic rings. The Bertz CT molecular complexity index is 2080. The largest absolute Gasteiger partial charge is 0.465 e. The minimum atomic E-state index is -0.420. The monoisotopic (exact) mass is 563 g/mol. The van der Waals surface area contributed by atoms with Gasteiger partial charge in [-0.25, -0.2) is 19.7 Å². The Morgan fingerprint density at radius 2 is 1.66 bits per heavy atom. The average molecular weight is 564 g/mol. The molecule has 0 amide bonds. The van der Waals surface area contributed by atoms with Gasteiger partial charge in [0.2, 0.25) is 0 Å². The van der Waals surface area contributed by atoms with Crippen molar-refractivity contribution in [2.45, 2.75) is 52.9 Å². The fraction of sp³-hybridized carbons (Fsp3) is 0.281. The standard InChI is InChI=1S/C32H29N5O3S/c1-5-24-35-28-26(30(38)37(24)31-25(32(39)40-4)20-10-6-9-13-23(20)41-31)27-29(34-22-12-8-7-11-21(22)33-27)36(28)19-15-17(2)14-18(3)16-19/h7-8,11-12,14-16H,5-6,9-10,13H2,1-4H3. The highest BCUT2D eigenvalue weighted by atomic mass is 32.1. The van der Waals surface area contributed by atoms with Gasteiger partial charge in [0.15, 0.2) is 11.3 Å². The number of methoxy groups -OCH3 is 1. The molecule has 0 aliphatic heterocycles. The summed E-state index contributed by atoms with van der Waals surface area (Å²) < 4.78 is 8.81. The van der Waals surface area contributed by atoms with E-state index in [-0.39, 0.29) is 5.56 Å². The summed E-state index contributed by atoms with van der Waals surface area (Å²) in [6.45, 7) is 6.08. The van der Waals surface area contributed by atoms with Crippen molar-refractivity contribution in [3.8, 4) is 10.7 Å². The summed E-state index contributed by atoms with van der Waals surface area (Å²) in [5.74, 6) is 0.154. The van der Waals surface area contributed by atoms with Crippen molar-refractivity contribution >= 4 is 50.5 Å². The number of fused-ring (bicyclic) bond motifs is 5. The molecule has 0 spiro atoms. The van der Waals surface area contributed by atoms with E-state index in [1.54, 1.807) is 4.57 Å². The third-order valence-corrected chi connectivity index (χ3v) is 9.15. The molecule has 0 radical (unpaired) electrons. The second-order valence-electron chi connectivity index (χ2n) is 10.7. The zero-order valence-electron chi connectivity index (χ0n) is 23.4. The molecule has 206 valence electrons. The maximum absolute atomic E-state index is 14.7. The number of aryl methyl sites for hydroxylation is 4. The van der Waals surface area contributed by atoms with E-state index in [9.17, 15) is 9.59 Å². The molecule has 4 aromatic heterocycles. The molecule has 4 heterocycles. The van der Waals surface area contributed by atoms with Crippen LogP contribution >= 0.6 is 11.3 Å². The third kappa shape index (κ3) is 3.90. The molecular weight excluding hydrogens is 534 g/mol. The summed E-state index contributed by atoms with van der Waals surface area (Å²) >= 11 is 1.51. The SMILES string of the molecule is CCc1nc2c(c(=O)n1-c1sc3c(c1C(=O)OC)CCCC3)c1nc3ccccc3nc1n2-c1cc(C)cc(C)c1. The number of hydrogen-bond acceptors (Lipinski definition) is 7. The molecule has 0 bridgehead atoms. The van der Waals surface area contributed by atoms with Crippen LogP contribution in [0.25, 0.3) is 43.9 Å². The summed E-state index contributed by atoms with van der Waals surface area (Å²) in [7, 11) is 1.39. The molecule has 0 unspecified atom stereocenters. The van der Waals surface area contributed by atoms with E-state index < -0.39 is 5.97 Å². The van der Waals surface area contributed by atoms with Crippen molar-refractivity contribution in [1.82, 2.24) is 24.1 Å². The number of thiophene rings is 1. The molecule has 8 nitrogen and oxygen atoms in total. The molecular formula is C32H29N5O3S. The highest BCUT2D eigenvalue weighted by molar-refractivity contribution is 7.15. The molecule has 0 saturated carbocycles. The van der Waals surface area contributed by atoms with Crippen LogP contribution in [-0.4, -0.2) is 37.2 Å². The molecule has 2 aromatic carbocycles. The first-order valence-corrected chi connectivity index (χ1v) is 14.8. The fourth-order valence-electron chi connectivity index (χ4n) is 6.13. The predicted octanol–water partition coefficient (Wildman–Crippen LogP) is 6.18. The van der Waals surface area contributed by atoms with E-state index >= 15 is 0 Å². The zero-order valence-corrected chi connectivity index (χ0v) is 24.3. The lowest BCUT2D eigenvalue weighted by Crippen LogP contribution is -2.25. The lowest BCUT2D eigenvalue weighted by atomic mass is 9.95. The second-order valence-corrected chi connectivity index (χ2v) is 11.8. The van der Waals surface area contributed by atoms with Gasteiger partial charge in [-0.1, -0.05) is 25.1 Å². The Labute approximate surface area is 240 Å². The fourth-order valence-corrected chi connectivity index (χ4v) is 7.52. The number of hydrogen-bond donors (Lipinski definition) is 0. The minimum Gasteiger partial charge on any atom is -0.465 e. The lowest BCUT2D eigenvalue weighted by molar-refractivity contribution is 0.0600. The van der Waals surface area contributed by atoms with Gasteiger partial charge in [0.1, 0.15) is 21.7 Å². The summed E-state index contributed by atoms with van der Waals surface area (Å²) in [6, 6.07) is 13.9.